The fourth-order valence-electron chi connectivity index (χ4n) is 1.96. The van der Waals surface area contributed by atoms with Crippen molar-refractivity contribution in [2.45, 2.75) is 13.8 Å². The van der Waals surface area contributed by atoms with Crippen LogP contribution in [0, 0.1) is 12.7 Å². The highest BCUT2D eigenvalue weighted by molar-refractivity contribution is 5.97. The number of nitrogens with two attached hydrogens (primary N) is 1. The lowest BCUT2D eigenvalue weighted by Crippen LogP contribution is -2.09. The number of anilines is 3. The van der Waals surface area contributed by atoms with Gasteiger partial charge in [0.25, 0.3) is 0 Å². The molecule has 0 aliphatic carbocycles. The van der Waals surface area contributed by atoms with Gasteiger partial charge in [0, 0.05) is 11.4 Å². The van der Waals surface area contributed by atoms with Gasteiger partial charge in [-0.2, -0.15) is 0 Å². The molecule has 21 heavy (non-hydrogen) atoms. The van der Waals surface area contributed by atoms with Gasteiger partial charge in [-0.1, -0.05) is 0 Å². The number of ether oxygens (including phenoxy) is 1. The van der Waals surface area contributed by atoms with Gasteiger partial charge in [0.15, 0.2) is 0 Å². The molecule has 0 saturated heterocycles. The van der Waals surface area contributed by atoms with Crippen molar-refractivity contribution in [2.75, 3.05) is 17.7 Å². The zero-order chi connectivity index (χ0) is 15.4. The van der Waals surface area contributed by atoms with Crippen molar-refractivity contribution < 1.29 is 13.9 Å². The zero-order valence-electron chi connectivity index (χ0n) is 11.9. The van der Waals surface area contributed by atoms with E-state index in [9.17, 15) is 9.18 Å². The first kappa shape index (κ1) is 14.8. The third kappa shape index (κ3) is 3.51. The molecule has 2 rings (SSSR count). The number of nitrogens with one attached hydrogen (secondary N) is 1. The van der Waals surface area contributed by atoms with Crippen LogP contribution >= 0.6 is 0 Å². The number of hydrogen-bond acceptors (Lipinski definition) is 4. The summed E-state index contributed by atoms with van der Waals surface area (Å²) in [5.74, 6) is -0.756. The highest BCUT2D eigenvalue weighted by atomic mass is 19.1. The fourth-order valence-corrected chi connectivity index (χ4v) is 1.96. The average Bonchev–Trinajstić information content (AvgIpc) is 2.43. The van der Waals surface area contributed by atoms with Gasteiger partial charge >= 0.3 is 5.97 Å². The number of hydrogen-bond donors (Lipinski definition) is 2. The molecule has 2 aromatic rings. The van der Waals surface area contributed by atoms with Crippen LogP contribution in [0.2, 0.25) is 0 Å². The van der Waals surface area contributed by atoms with Crippen LogP contribution in [0.1, 0.15) is 22.8 Å². The first-order chi connectivity index (χ1) is 10.0. The number of esters is 1. The summed E-state index contributed by atoms with van der Waals surface area (Å²) in [4.78, 5) is 12.0. The quantitative estimate of drug-likeness (QED) is 0.666. The number of benzene rings is 2. The topological polar surface area (TPSA) is 64.3 Å². The Morgan fingerprint density at radius 3 is 2.62 bits per heavy atom. The van der Waals surface area contributed by atoms with E-state index in [2.05, 4.69) is 5.32 Å². The lowest BCUT2D eigenvalue weighted by Gasteiger charge is -2.14. The van der Waals surface area contributed by atoms with Crippen LogP contribution in [0.5, 0.6) is 0 Å². The summed E-state index contributed by atoms with van der Waals surface area (Å²) < 4.78 is 18.1. The van der Waals surface area contributed by atoms with Crippen LogP contribution in [-0.4, -0.2) is 12.6 Å². The van der Waals surface area contributed by atoms with Gasteiger partial charge in [-0.25, -0.2) is 9.18 Å². The molecule has 0 spiro atoms. The third-order valence-electron chi connectivity index (χ3n) is 3.00. The molecule has 0 radical (unpaired) electrons. The van der Waals surface area contributed by atoms with Crippen molar-refractivity contribution in [3.63, 3.8) is 0 Å². The second kappa shape index (κ2) is 6.26. The summed E-state index contributed by atoms with van der Waals surface area (Å²) in [6.45, 7) is 3.80. The first-order valence-corrected chi connectivity index (χ1v) is 6.61. The smallest absolute Gasteiger partial charge is 0.340 e. The van der Waals surface area contributed by atoms with E-state index in [1.54, 1.807) is 38.1 Å². The molecule has 0 heterocycles. The van der Waals surface area contributed by atoms with Crippen molar-refractivity contribution in [2.24, 2.45) is 0 Å². The molecule has 0 atom stereocenters. The maximum absolute atomic E-state index is 13.1. The molecule has 0 fully saturated rings. The minimum atomic E-state index is -0.452. The minimum Gasteiger partial charge on any atom is -0.462 e. The number of aryl methyl sites for hydroxylation is 1. The fraction of sp³-hybridized carbons (Fsp3) is 0.188. The first-order valence-electron chi connectivity index (χ1n) is 6.61. The Morgan fingerprint density at radius 2 is 1.95 bits per heavy atom. The molecule has 0 saturated carbocycles. The van der Waals surface area contributed by atoms with Crippen molar-refractivity contribution >= 4 is 23.0 Å². The Hall–Kier alpha value is -2.56. The summed E-state index contributed by atoms with van der Waals surface area (Å²) in [7, 11) is 0. The maximum Gasteiger partial charge on any atom is 0.340 e. The third-order valence-corrected chi connectivity index (χ3v) is 3.00. The molecule has 110 valence electrons. The molecule has 3 N–H and O–H groups in total. The van der Waals surface area contributed by atoms with Crippen molar-refractivity contribution in [1.82, 2.24) is 0 Å². The van der Waals surface area contributed by atoms with E-state index in [4.69, 9.17) is 10.5 Å². The van der Waals surface area contributed by atoms with Crippen LogP contribution in [0.4, 0.5) is 21.5 Å². The van der Waals surface area contributed by atoms with Crippen LogP contribution < -0.4 is 11.1 Å². The zero-order valence-corrected chi connectivity index (χ0v) is 11.9. The van der Waals surface area contributed by atoms with E-state index in [0.29, 0.717) is 22.6 Å². The second-order valence-electron chi connectivity index (χ2n) is 4.61. The average molecular weight is 288 g/mol. The predicted octanol–water partition coefficient (Wildman–Crippen LogP) is 3.64. The van der Waals surface area contributed by atoms with Gasteiger partial charge in [-0.3, -0.25) is 0 Å². The number of rotatable bonds is 4. The monoisotopic (exact) mass is 288 g/mol. The molecule has 0 amide bonds. The van der Waals surface area contributed by atoms with Gasteiger partial charge in [-0.15, -0.1) is 0 Å². The molecule has 2 aromatic carbocycles. The number of halogens is 1. The molecule has 0 aliphatic rings. The second-order valence-corrected chi connectivity index (χ2v) is 4.61. The predicted molar refractivity (Wildman–Crippen MR) is 81.2 cm³/mol. The minimum absolute atomic E-state index is 0.280. The molecular weight excluding hydrogens is 271 g/mol. The molecule has 0 aliphatic heterocycles. The van der Waals surface area contributed by atoms with Crippen LogP contribution in [0.25, 0.3) is 0 Å². The Bertz CT molecular complexity index is 671. The highest BCUT2D eigenvalue weighted by Gasteiger charge is 2.14. The van der Waals surface area contributed by atoms with E-state index in [1.807, 2.05) is 0 Å². The van der Waals surface area contributed by atoms with Gasteiger partial charge in [0.1, 0.15) is 5.82 Å². The van der Waals surface area contributed by atoms with Crippen LogP contribution in [-0.2, 0) is 4.74 Å². The lowest BCUT2D eigenvalue weighted by molar-refractivity contribution is 0.0527. The van der Waals surface area contributed by atoms with Crippen molar-refractivity contribution in [1.29, 1.82) is 0 Å². The molecule has 0 aromatic heterocycles. The maximum atomic E-state index is 13.1. The van der Waals surface area contributed by atoms with E-state index >= 15 is 0 Å². The van der Waals surface area contributed by atoms with E-state index in [0.717, 1.165) is 5.56 Å². The summed E-state index contributed by atoms with van der Waals surface area (Å²) in [6, 6.07) is 9.34. The Kier molecular flexibility index (Phi) is 4.42. The van der Waals surface area contributed by atoms with Crippen LogP contribution in [0.15, 0.2) is 36.4 Å². The van der Waals surface area contributed by atoms with Gasteiger partial charge < -0.3 is 15.8 Å². The molecule has 5 heteroatoms. The summed E-state index contributed by atoms with van der Waals surface area (Å²) in [5.41, 5.74) is 8.56. The summed E-state index contributed by atoms with van der Waals surface area (Å²) >= 11 is 0. The van der Waals surface area contributed by atoms with Gasteiger partial charge in [0.2, 0.25) is 0 Å². The number of nitrogen functional groups attached to an aromatic ring is 1. The largest absolute Gasteiger partial charge is 0.462 e. The van der Waals surface area contributed by atoms with E-state index < -0.39 is 5.97 Å². The van der Waals surface area contributed by atoms with Crippen molar-refractivity contribution in [3.05, 3.63) is 53.3 Å². The Morgan fingerprint density at radius 1 is 1.24 bits per heavy atom. The Labute approximate surface area is 122 Å². The SMILES string of the molecule is CCOC(=O)c1cc(N)ccc1Nc1ccc(F)cc1C. The molecule has 0 unspecified atom stereocenters. The number of carbonyl (C=O) groups is 1. The van der Waals surface area contributed by atoms with E-state index in [1.165, 1.54) is 12.1 Å². The molecule has 0 bridgehead atoms. The summed E-state index contributed by atoms with van der Waals surface area (Å²) in [6.07, 6.45) is 0. The van der Waals surface area contributed by atoms with E-state index in [-0.39, 0.29) is 12.4 Å². The summed E-state index contributed by atoms with van der Waals surface area (Å²) in [5, 5.41) is 3.11. The lowest BCUT2D eigenvalue weighted by atomic mass is 10.1. The highest BCUT2D eigenvalue weighted by Crippen LogP contribution is 2.26. The number of carbonyl (C=O) groups excluding carboxylic acids is 1. The van der Waals surface area contributed by atoms with Crippen LogP contribution in [0.3, 0.4) is 0 Å². The Balaban J connectivity index is 2.37. The van der Waals surface area contributed by atoms with Crippen molar-refractivity contribution in [3.8, 4) is 0 Å². The standard InChI is InChI=1S/C16H17FN2O2/c1-3-21-16(20)13-9-12(18)5-7-15(13)19-14-6-4-11(17)8-10(14)2/h4-9,19H,3,18H2,1-2H3. The normalized spacial score (nSPS) is 10.2. The molecule has 4 nitrogen and oxygen atoms in total. The van der Waals surface area contributed by atoms with Gasteiger partial charge in [0.05, 0.1) is 17.9 Å². The van der Waals surface area contributed by atoms with Gasteiger partial charge in [-0.05, 0) is 55.8 Å². The molecular formula is C16H17FN2O2.